The van der Waals surface area contributed by atoms with Crippen LogP contribution in [0, 0.1) is 6.92 Å². The standard InChI is InChI=1S/C32H30N8O5/c1-5-24-27-23(31(44)39(24)21-9-11-22(12-10-21)40-26(41)17-37(3)32(40)45)15-18(2)33-28(27)30(43)34-20-8-6-7-19(16-20)29(42)35-25-13-14-38(4)36-25/h6-16,24H,5,17H2,1-4H3,(H,34,43)(H,35,36,42)/t24-/m1/s1. The van der Waals surface area contributed by atoms with Gasteiger partial charge in [0, 0.05) is 60.1 Å². The number of amides is 6. The van der Waals surface area contributed by atoms with Gasteiger partial charge < -0.3 is 20.4 Å². The third-order valence-electron chi connectivity index (χ3n) is 7.75. The number of rotatable bonds is 7. The van der Waals surface area contributed by atoms with Gasteiger partial charge in [0.15, 0.2) is 5.82 Å². The predicted octanol–water partition coefficient (Wildman–Crippen LogP) is 4.14. The molecule has 0 saturated carbocycles. The molecule has 2 aromatic heterocycles. The van der Waals surface area contributed by atoms with Crippen LogP contribution in [0.4, 0.5) is 27.7 Å². The summed E-state index contributed by atoms with van der Waals surface area (Å²) in [5, 5.41) is 9.71. The van der Waals surface area contributed by atoms with Gasteiger partial charge in [0.05, 0.1) is 11.7 Å². The number of urea groups is 1. The fourth-order valence-corrected chi connectivity index (χ4v) is 5.69. The molecular formula is C32H30N8O5. The molecule has 4 aromatic rings. The normalized spacial score (nSPS) is 16.0. The van der Waals surface area contributed by atoms with Crippen molar-refractivity contribution in [3.05, 3.63) is 94.9 Å². The van der Waals surface area contributed by atoms with Gasteiger partial charge in [-0.3, -0.25) is 23.9 Å². The van der Waals surface area contributed by atoms with Crippen molar-refractivity contribution in [1.29, 1.82) is 0 Å². The smallest absolute Gasteiger partial charge is 0.321 e. The molecule has 1 atom stereocenters. The Labute approximate surface area is 258 Å². The average molecular weight is 607 g/mol. The molecule has 2 aromatic carbocycles. The van der Waals surface area contributed by atoms with Crippen LogP contribution in [0.5, 0.6) is 0 Å². The highest BCUT2D eigenvalue weighted by atomic mass is 16.2. The number of carbonyl (C=O) groups is 5. The van der Waals surface area contributed by atoms with E-state index in [2.05, 4.69) is 20.7 Å². The topological polar surface area (TPSA) is 150 Å². The Morgan fingerprint density at radius 3 is 2.31 bits per heavy atom. The molecule has 4 heterocycles. The van der Waals surface area contributed by atoms with E-state index in [0.717, 1.165) is 4.90 Å². The fraction of sp³-hybridized carbons (Fsp3) is 0.219. The van der Waals surface area contributed by atoms with E-state index in [1.807, 2.05) is 6.92 Å². The van der Waals surface area contributed by atoms with E-state index in [9.17, 15) is 24.0 Å². The number of imide groups is 1. The first-order valence-corrected chi connectivity index (χ1v) is 14.3. The second-order valence-corrected chi connectivity index (χ2v) is 10.9. The minimum absolute atomic E-state index is 0.00172. The van der Waals surface area contributed by atoms with Crippen molar-refractivity contribution in [2.75, 3.05) is 34.0 Å². The molecule has 2 aliphatic heterocycles. The largest absolute Gasteiger partial charge is 0.331 e. The molecule has 1 fully saturated rings. The molecule has 2 N–H and O–H groups in total. The second-order valence-electron chi connectivity index (χ2n) is 10.9. The number of hydrogen-bond donors (Lipinski definition) is 2. The zero-order valence-electron chi connectivity index (χ0n) is 25.1. The molecular weight excluding hydrogens is 576 g/mol. The highest BCUT2D eigenvalue weighted by Gasteiger charge is 2.41. The van der Waals surface area contributed by atoms with Crippen molar-refractivity contribution < 1.29 is 24.0 Å². The summed E-state index contributed by atoms with van der Waals surface area (Å²) in [5.41, 5.74) is 3.15. The quantitative estimate of drug-likeness (QED) is 0.300. The maximum atomic E-state index is 13.8. The Hall–Kier alpha value is -5.85. The highest BCUT2D eigenvalue weighted by Crippen LogP contribution is 2.42. The van der Waals surface area contributed by atoms with Gasteiger partial charge in [0.25, 0.3) is 23.6 Å². The van der Waals surface area contributed by atoms with Crippen LogP contribution in [0.3, 0.4) is 0 Å². The summed E-state index contributed by atoms with van der Waals surface area (Å²) < 4.78 is 1.57. The number of fused-ring (bicyclic) bond motifs is 1. The van der Waals surface area contributed by atoms with Crippen molar-refractivity contribution in [2.45, 2.75) is 26.3 Å². The molecule has 13 nitrogen and oxygen atoms in total. The van der Waals surface area contributed by atoms with Gasteiger partial charge in [-0.2, -0.15) is 5.10 Å². The summed E-state index contributed by atoms with van der Waals surface area (Å²) in [4.78, 5) is 73.7. The van der Waals surface area contributed by atoms with Gasteiger partial charge in [0.2, 0.25) is 0 Å². The van der Waals surface area contributed by atoms with Crippen LogP contribution in [0.2, 0.25) is 0 Å². The summed E-state index contributed by atoms with van der Waals surface area (Å²) in [6.45, 7) is 3.63. The Morgan fingerprint density at radius 1 is 0.933 bits per heavy atom. The molecule has 0 unspecified atom stereocenters. The van der Waals surface area contributed by atoms with Gasteiger partial charge in [-0.25, -0.2) is 14.7 Å². The van der Waals surface area contributed by atoms with E-state index in [1.165, 1.54) is 4.90 Å². The van der Waals surface area contributed by atoms with Gasteiger partial charge in [-0.1, -0.05) is 13.0 Å². The molecule has 0 aliphatic carbocycles. The zero-order valence-corrected chi connectivity index (χ0v) is 25.1. The van der Waals surface area contributed by atoms with E-state index in [-0.39, 0.29) is 30.0 Å². The molecule has 0 bridgehead atoms. The lowest BCUT2D eigenvalue weighted by atomic mass is 9.99. The first-order valence-electron chi connectivity index (χ1n) is 14.3. The van der Waals surface area contributed by atoms with E-state index in [4.69, 9.17) is 0 Å². The maximum Gasteiger partial charge on any atom is 0.331 e. The average Bonchev–Trinajstić information content (AvgIpc) is 3.64. The molecule has 6 amide bonds. The summed E-state index contributed by atoms with van der Waals surface area (Å²) >= 11 is 0. The first-order chi connectivity index (χ1) is 21.5. The van der Waals surface area contributed by atoms with Gasteiger partial charge in [0.1, 0.15) is 12.2 Å². The molecule has 0 spiro atoms. The van der Waals surface area contributed by atoms with Crippen molar-refractivity contribution >= 4 is 52.5 Å². The molecule has 228 valence electrons. The predicted molar refractivity (Wildman–Crippen MR) is 166 cm³/mol. The number of aryl methyl sites for hydroxylation is 2. The maximum absolute atomic E-state index is 13.8. The van der Waals surface area contributed by atoms with Crippen LogP contribution in [0.1, 0.15) is 61.8 Å². The van der Waals surface area contributed by atoms with Crippen molar-refractivity contribution in [1.82, 2.24) is 19.7 Å². The van der Waals surface area contributed by atoms with Crippen molar-refractivity contribution in [2.24, 2.45) is 7.05 Å². The molecule has 6 rings (SSSR count). The van der Waals surface area contributed by atoms with Crippen LogP contribution in [-0.2, 0) is 11.8 Å². The minimum atomic E-state index is -0.518. The molecule has 45 heavy (non-hydrogen) atoms. The summed E-state index contributed by atoms with van der Waals surface area (Å²) in [7, 11) is 3.30. The fourth-order valence-electron chi connectivity index (χ4n) is 5.69. The van der Waals surface area contributed by atoms with E-state index in [1.54, 1.807) is 97.5 Å². The number of hydrogen-bond acceptors (Lipinski definition) is 7. The molecule has 1 saturated heterocycles. The van der Waals surface area contributed by atoms with Crippen LogP contribution >= 0.6 is 0 Å². The van der Waals surface area contributed by atoms with E-state index in [0.29, 0.717) is 51.7 Å². The summed E-state index contributed by atoms with van der Waals surface area (Å²) in [6.07, 6.45) is 2.20. The number of carbonyl (C=O) groups excluding carboxylic acids is 5. The van der Waals surface area contributed by atoms with Crippen molar-refractivity contribution in [3.8, 4) is 0 Å². The monoisotopic (exact) mass is 606 g/mol. The lowest BCUT2D eigenvalue weighted by molar-refractivity contribution is -0.116. The van der Waals surface area contributed by atoms with E-state index < -0.39 is 18.0 Å². The van der Waals surface area contributed by atoms with E-state index >= 15 is 0 Å². The number of nitrogens with zero attached hydrogens (tertiary/aromatic N) is 6. The number of benzene rings is 2. The van der Waals surface area contributed by atoms with Crippen LogP contribution < -0.4 is 20.4 Å². The van der Waals surface area contributed by atoms with Gasteiger partial charge >= 0.3 is 6.03 Å². The van der Waals surface area contributed by atoms with Gasteiger partial charge in [-0.15, -0.1) is 0 Å². The number of aromatic nitrogens is 3. The Balaban J connectivity index is 1.26. The SMILES string of the molecule is CC[C@@H]1c2c(cc(C)nc2C(=O)Nc2cccc(C(=O)Nc3ccn(C)n3)c2)C(=O)N1c1ccc(N2C(=O)CN(C)C2=O)cc1. The van der Waals surface area contributed by atoms with Crippen molar-refractivity contribution in [3.63, 3.8) is 0 Å². The molecule has 13 heteroatoms. The highest BCUT2D eigenvalue weighted by molar-refractivity contribution is 6.20. The van der Waals surface area contributed by atoms with Crippen LogP contribution in [0.25, 0.3) is 0 Å². The lowest BCUT2D eigenvalue weighted by Gasteiger charge is -2.25. The van der Waals surface area contributed by atoms with Gasteiger partial charge in [-0.05, 0) is 61.9 Å². The number of nitrogens with one attached hydrogen (secondary N) is 2. The Morgan fingerprint density at radius 2 is 1.67 bits per heavy atom. The number of anilines is 4. The molecule has 0 radical (unpaired) electrons. The first kappa shape index (κ1) is 29.2. The van der Waals surface area contributed by atoms with Crippen LogP contribution in [0.15, 0.2) is 66.9 Å². The summed E-state index contributed by atoms with van der Waals surface area (Å²) in [6, 6.07) is 15.5. The number of pyridine rings is 1. The Bertz CT molecular complexity index is 1880. The third-order valence-corrected chi connectivity index (χ3v) is 7.75. The third kappa shape index (κ3) is 5.28. The summed E-state index contributed by atoms with van der Waals surface area (Å²) in [5.74, 6) is -1.12. The zero-order chi connectivity index (χ0) is 32.0. The minimum Gasteiger partial charge on any atom is -0.321 e. The second kappa shape index (κ2) is 11.3. The number of likely N-dealkylation sites (N-methyl/N-ethyl adjacent to an activating group) is 1. The Kier molecular flexibility index (Phi) is 7.36. The molecule has 2 aliphatic rings. The van der Waals surface area contributed by atoms with Crippen LogP contribution in [-0.4, -0.2) is 62.9 Å². The lowest BCUT2D eigenvalue weighted by Crippen LogP contribution is -2.31.